The van der Waals surface area contributed by atoms with E-state index in [-0.39, 0.29) is 12.6 Å². The maximum absolute atomic E-state index is 8.95. The van der Waals surface area contributed by atoms with Crippen LogP contribution in [0.5, 0.6) is 0 Å². The zero-order valence-corrected chi connectivity index (χ0v) is 28.5. The van der Waals surface area contributed by atoms with Gasteiger partial charge in [0.05, 0.1) is 12.6 Å². The largest absolute Gasteiger partial charge is 0.394 e. The fraction of sp³-hybridized carbons (Fsp3) is 0.931. The van der Waals surface area contributed by atoms with Crippen LogP contribution in [0.1, 0.15) is 94.4 Å². The van der Waals surface area contributed by atoms with Crippen LogP contribution < -0.4 is 10.6 Å². The Morgan fingerprint density at radius 3 is 1.66 bits per heavy atom. The van der Waals surface area contributed by atoms with Gasteiger partial charge in [0.25, 0.3) is 0 Å². The Bertz CT molecular complexity index is 613. The number of nitrogens with one attached hydrogen (secondary N) is 2. The number of hydrogen-bond acceptors (Lipinski definition) is 9. The zero-order chi connectivity index (χ0) is 29.6. The Morgan fingerprint density at radius 1 is 0.868 bits per heavy atom. The monoisotopic (exact) mass is 576 g/mol. The molecule has 4 rings (SSSR count). The predicted octanol–water partition coefficient (Wildman–Crippen LogP) is 5.60. The van der Waals surface area contributed by atoms with Gasteiger partial charge in [-0.1, -0.05) is 62.3 Å². The number of rotatable bonds is 4. The molecule has 4 aliphatic heterocycles. The summed E-state index contributed by atoms with van der Waals surface area (Å²) in [5.41, 5.74) is 0. The first-order chi connectivity index (χ1) is 18.2. The van der Waals surface area contributed by atoms with Gasteiger partial charge in [0.1, 0.15) is 0 Å². The number of thiol groups is 1. The molecule has 0 aromatic rings. The molecule has 3 N–H and O–H groups in total. The fourth-order valence-corrected chi connectivity index (χ4v) is 4.48. The molecule has 7 nitrogen and oxygen atoms in total. The average Bonchev–Trinajstić information content (AvgIpc) is 2.96. The van der Waals surface area contributed by atoms with Gasteiger partial charge in [-0.05, 0) is 50.5 Å². The molecule has 4 heterocycles. The lowest BCUT2D eigenvalue weighted by Gasteiger charge is -2.40. The summed E-state index contributed by atoms with van der Waals surface area (Å²) >= 11 is 5.48. The van der Waals surface area contributed by atoms with Crippen molar-refractivity contribution in [1.29, 1.82) is 0 Å². The van der Waals surface area contributed by atoms with Gasteiger partial charge in [-0.2, -0.15) is 24.4 Å². The smallest absolute Gasteiger partial charge is 0.194 e. The highest BCUT2D eigenvalue weighted by atomic mass is 32.2. The number of guanidine groups is 2. The molecule has 0 amide bonds. The van der Waals surface area contributed by atoms with Gasteiger partial charge in [-0.3, -0.25) is 9.98 Å². The van der Waals surface area contributed by atoms with Gasteiger partial charge in [-0.15, -0.1) is 0 Å². The van der Waals surface area contributed by atoms with Crippen molar-refractivity contribution in [2.45, 2.75) is 111 Å². The molecule has 38 heavy (non-hydrogen) atoms. The highest BCUT2D eigenvalue weighted by Crippen LogP contribution is 2.28. The normalized spacial score (nSPS) is 21.4. The van der Waals surface area contributed by atoms with E-state index in [2.05, 4.69) is 83.9 Å². The summed E-state index contributed by atoms with van der Waals surface area (Å²) in [5, 5.41) is 15.8. The molecule has 0 aromatic heterocycles. The van der Waals surface area contributed by atoms with Crippen molar-refractivity contribution < 1.29 is 5.11 Å². The maximum Gasteiger partial charge on any atom is 0.194 e. The summed E-state index contributed by atoms with van der Waals surface area (Å²) < 4.78 is 0.370. The van der Waals surface area contributed by atoms with E-state index in [9.17, 15) is 0 Å². The topological polar surface area (TPSA) is 75.5 Å². The molecule has 0 bridgehead atoms. The van der Waals surface area contributed by atoms with Crippen LogP contribution >= 0.6 is 24.4 Å². The lowest BCUT2D eigenvalue weighted by molar-refractivity contribution is 0.213. The van der Waals surface area contributed by atoms with Gasteiger partial charge in [0.15, 0.2) is 11.9 Å². The third-order valence-electron chi connectivity index (χ3n) is 5.97. The molecule has 0 aromatic carbocycles. The van der Waals surface area contributed by atoms with Crippen molar-refractivity contribution in [2.24, 2.45) is 15.9 Å². The second-order valence-corrected chi connectivity index (χ2v) is 11.9. The Hall–Kier alpha value is -0.800. The number of nitrogens with zero attached hydrogens (tertiary/aromatic N) is 4. The quantitative estimate of drug-likeness (QED) is 0.326. The van der Waals surface area contributed by atoms with Gasteiger partial charge in [-0.25, -0.2) is 0 Å². The third-order valence-corrected chi connectivity index (χ3v) is 7.24. The Morgan fingerprint density at radius 2 is 1.26 bits per heavy atom. The summed E-state index contributed by atoms with van der Waals surface area (Å²) in [7, 11) is 0. The highest BCUT2D eigenvalue weighted by Gasteiger charge is 2.29. The molecule has 2 unspecified atom stereocenters. The highest BCUT2D eigenvalue weighted by molar-refractivity contribution is 7.99. The van der Waals surface area contributed by atoms with Crippen LogP contribution in [-0.4, -0.2) is 102 Å². The van der Waals surface area contributed by atoms with Crippen LogP contribution in [-0.2, 0) is 0 Å². The molecule has 0 radical (unpaired) electrons. The number of thioether (sulfide) groups is 1. The van der Waals surface area contributed by atoms with E-state index in [1.165, 1.54) is 32.4 Å². The van der Waals surface area contributed by atoms with E-state index in [0.717, 1.165) is 56.9 Å². The molecule has 2 fully saturated rings. The van der Waals surface area contributed by atoms with Gasteiger partial charge < -0.3 is 25.5 Å². The van der Waals surface area contributed by atoms with Crippen molar-refractivity contribution in [3.8, 4) is 0 Å². The fourth-order valence-electron chi connectivity index (χ4n) is 4.11. The van der Waals surface area contributed by atoms with Crippen LogP contribution in [0.25, 0.3) is 0 Å². The predicted molar refractivity (Wildman–Crippen MR) is 177 cm³/mol. The summed E-state index contributed by atoms with van der Waals surface area (Å²) in [6.45, 7) is 25.8. The minimum Gasteiger partial charge on any atom is -0.394 e. The Labute approximate surface area is 246 Å². The van der Waals surface area contributed by atoms with E-state index in [4.69, 9.17) is 5.11 Å². The third kappa shape index (κ3) is 17.0. The summed E-state index contributed by atoms with van der Waals surface area (Å²) in [5.74, 6) is 2.98. The molecular weight excluding hydrogens is 512 g/mol. The van der Waals surface area contributed by atoms with E-state index in [1.54, 1.807) is 6.26 Å². The summed E-state index contributed by atoms with van der Waals surface area (Å²) in [4.78, 5) is 13.6. The summed E-state index contributed by atoms with van der Waals surface area (Å²) in [6, 6.07) is 0.827. The molecule has 0 saturated carbocycles. The van der Waals surface area contributed by atoms with E-state index in [1.807, 2.05) is 39.5 Å². The molecule has 228 valence electrons. The van der Waals surface area contributed by atoms with Gasteiger partial charge in [0, 0.05) is 50.1 Å². The van der Waals surface area contributed by atoms with Crippen LogP contribution in [0, 0.1) is 5.92 Å². The molecular formula is C29H64N6OS2. The van der Waals surface area contributed by atoms with Crippen molar-refractivity contribution in [3.63, 3.8) is 0 Å². The van der Waals surface area contributed by atoms with E-state index < -0.39 is 0 Å². The van der Waals surface area contributed by atoms with Gasteiger partial charge >= 0.3 is 0 Å². The minimum absolute atomic E-state index is 0.215. The van der Waals surface area contributed by atoms with Crippen LogP contribution in [0.2, 0.25) is 0 Å². The molecule has 2 saturated heterocycles. The first-order valence-corrected chi connectivity index (χ1v) is 17.1. The molecule has 0 aliphatic carbocycles. The van der Waals surface area contributed by atoms with Crippen LogP contribution in [0.3, 0.4) is 0 Å². The van der Waals surface area contributed by atoms with Crippen molar-refractivity contribution in [3.05, 3.63) is 0 Å². The van der Waals surface area contributed by atoms with E-state index >= 15 is 0 Å². The minimum atomic E-state index is 0.215. The molecule has 0 spiro atoms. The Kier molecular flexibility index (Phi) is 24.9. The van der Waals surface area contributed by atoms with Crippen molar-refractivity contribution in [1.82, 2.24) is 20.4 Å². The second kappa shape index (κ2) is 24.0. The van der Waals surface area contributed by atoms with Crippen LogP contribution in [0.4, 0.5) is 0 Å². The number of aliphatic imine (C=N–C) groups is 2. The standard InChI is InChI=1S/C12H23N3S.C8H15N3O.C4H10.2C2H6.CH4S/c1-12(2,16-3)9-10-5-8-15-7-4-6-13-11(15)14-10;12-6-7-2-5-11-4-1-3-9-8(11)10-7;1-4(2)3;3*1-2/h10H,4-9H2,1-3H3,(H,13,14);7,12H,1-6H2,(H,9,10);4H,1-3H3;2*1-2H3;2H,1H3. The maximum atomic E-state index is 8.95. The Balaban J connectivity index is 0. The lowest BCUT2D eigenvalue weighted by Crippen LogP contribution is -2.55. The first-order valence-electron chi connectivity index (χ1n) is 15.0. The van der Waals surface area contributed by atoms with E-state index in [0.29, 0.717) is 10.8 Å². The SMILES string of the molecule is CC.CC.CC(C)C.CS.CSC(C)(C)CC1CCN2CCCN=C2N1.OCC1CCN2CCCN=C2N1. The zero-order valence-electron chi connectivity index (χ0n) is 26.8. The van der Waals surface area contributed by atoms with Gasteiger partial charge in [0.2, 0.25) is 0 Å². The number of fused-ring (bicyclic) bond motifs is 2. The number of aliphatic hydroxyl groups excluding tert-OH is 1. The molecule has 4 aliphatic rings. The number of aliphatic hydroxyl groups is 1. The van der Waals surface area contributed by atoms with Crippen molar-refractivity contribution >= 4 is 36.3 Å². The molecule has 2 atom stereocenters. The summed E-state index contributed by atoms with van der Waals surface area (Å²) in [6.07, 6.45) is 9.77. The average molecular weight is 577 g/mol. The van der Waals surface area contributed by atoms with Crippen LogP contribution in [0.15, 0.2) is 9.98 Å². The first kappa shape index (κ1) is 39.3. The van der Waals surface area contributed by atoms with Crippen molar-refractivity contribution in [2.75, 3.05) is 58.4 Å². The second-order valence-electron chi connectivity index (χ2n) is 10.4. The lowest BCUT2D eigenvalue weighted by atomic mass is 9.98. The number of hydrogen-bond donors (Lipinski definition) is 4. The molecule has 9 heteroatoms.